The molecule has 3 aromatic carbocycles. The van der Waals surface area contributed by atoms with Gasteiger partial charge >= 0.3 is 5.97 Å². The predicted molar refractivity (Wildman–Crippen MR) is 176 cm³/mol. The van der Waals surface area contributed by atoms with Crippen LogP contribution in [0.4, 0.5) is 10.3 Å². The number of carboxylic acids is 1. The van der Waals surface area contributed by atoms with Gasteiger partial charge in [-0.3, -0.25) is 15.2 Å². The molecule has 1 aliphatic rings. The second kappa shape index (κ2) is 12.1. The number of amides is 1. The number of hydrogen-bond donors (Lipinski definition) is 3. The molecule has 0 atom stereocenters. The standard InChI is InChI=1S/C33H25N7O4S2/c1-18-23(15-34)28(39-38-18)20-7-4-8-21(14-20)44-17-27-29(31(42)43)36-33(46-27)40-13-12-19-6-5-9-22(24(19)16-40)30(41)37-32-35-25-10-2-3-11-26(25)45-32/h2-11,14H,12-13,16-17H2,1H3,(H,38,39)(H,42,43)(H,35,37,41). The summed E-state index contributed by atoms with van der Waals surface area (Å²) in [5.41, 5.74) is 5.61. The van der Waals surface area contributed by atoms with Gasteiger partial charge in [0, 0.05) is 24.2 Å². The number of thiazole rings is 2. The summed E-state index contributed by atoms with van der Waals surface area (Å²) in [6.07, 6.45) is 0.676. The lowest BCUT2D eigenvalue weighted by molar-refractivity contribution is 0.0688. The summed E-state index contributed by atoms with van der Waals surface area (Å²) >= 11 is 2.68. The van der Waals surface area contributed by atoms with Crippen LogP contribution in [0.15, 0.2) is 66.7 Å². The number of benzene rings is 3. The van der Waals surface area contributed by atoms with Crippen molar-refractivity contribution in [1.29, 1.82) is 5.26 Å². The number of nitrogens with one attached hydrogen (secondary N) is 2. The molecule has 1 aliphatic heterocycles. The number of carbonyl (C=O) groups excluding carboxylic acids is 1. The van der Waals surface area contributed by atoms with Crippen LogP contribution < -0.4 is 15.0 Å². The van der Waals surface area contributed by atoms with Crippen LogP contribution in [0, 0.1) is 18.3 Å². The van der Waals surface area contributed by atoms with Crippen LogP contribution in [-0.4, -0.2) is 43.7 Å². The minimum atomic E-state index is -1.14. The lowest BCUT2D eigenvalue weighted by atomic mass is 9.94. The topological polar surface area (TPSA) is 157 Å². The minimum Gasteiger partial charge on any atom is -0.488 e. The fraction of sp³-hybridized carbons (Fsp3) is 0.152. The second-order valence-corrected chi connectivity index (χ2v) is 12.7. The molecular formula is C33H25N7O4S2. The highest BCUT2D eigenvalue weighted by Gasteiger charge is 2.27. The van der Waals surface area contributed by atoms with Crippen LogP contribution in [0.2, 0.25) is 0 Å². The van der Waals surface area contributed by atoms with Gasteiger partial charge in [0.25, 0.3) is 5.91 Å². The maximum atomic E-state index is 13.4. The van der Waals surface area contributed by atoms with Crippen LogP contribution in [-0.2, 0) is 19.6 Å². The number of nitriles is 1. The average Bonchev–Trinajstić information content (AvgIpc) is 3.79. The fourth-order valence-electron chi connectivity index (χ4n) is 5.44. The number of ether oxygens (including phenoxy) is 1. The summed E-state index contributed by atoms with van der Waals surface area (Å²) in [5, 5.41) is 30.6. The first kappa shape index (κ1) is 29.1. The smallest absolute Gasteiger partial charge is 0.355 e. The van der Waals surface area contributed by atoms with Gasteiger partial charge in [-0.05, 0) is 54.8 Å². The zero-order valence-corrected chi connectivity index (χ0v) is 26.0. The summed E-state index contributed by atoms with van der Waals surface area (Å²) in [6.45, 7) is 2.80. The number of para-hydroxylation sites is 1. The monoisotopic (exact) mass is 647 g/mol. The molecule has 11 nitrogen and oxygen atoms in total. The molecular weight excluding hydrogens is 623 g/mol. The molecule has 46 heavy (non-hydrogen) atoms. The Hall–Kier alpha value is -5.58. The van der Waals surface area contributed by atoms with E-state index in [1.54, 1.807) is 31.2 Å². The third-order valence-corrected chi connectivity index (χ3v) is 9.77. The molecule has 0 bridgehead atoms. The van der Waals surface area contributed by atoms with Gasteiger partial charge < -0.3 is 14.7 Å². The SMILES string of the molecule is Cc1[nH]nc(-c2cccc(OCc3sc(N4CCc5cccc(C(=O)Nc6nc7ccccc7s6)c5C4)nc3C(=O)O)c2)c1C#N. The summed E-state index contributed by atoms with van der Waals surface area (Å²) in [5.74, 6) is -0.885. The van der Waals surface area contributed by atoms with Crippen molar-refractivity contribution in [3.05, 3.63) is 105 Å². The van der Waals surface area contributed by atoms with E-state index in [0.717, 1.165) is 21.3 Å². The molecule has 1 amide bonds. The van der Waals surface area contributed by atoms with E-state index in [4.69, 9.17) is 4.74 Å². The molecule has 7 rings (SSSR count). The van der Waals surface area contributed by atoms with Crippen molar-refractivity contribution in [3.8, 4) is 23.1 Å². The van der Waals surface area contributed by atoms with Gasteiger partial charge in [0.05, 0.1) is 20.8 Å². The number of rotatable bonds is 8. The van der Waals surface area contributed by atoms with Crippen molar-refractivity contribution < 1.29 is 19.4 Å². The molecule has 6 aromatic rings. The van der Waals surface area contributed by atoms with Crippen LogP contribution >= 0.6 is 22.7 Å². The molecule has 3 N–H and O–H groups in total. The Labute approximate surface area is 270 Å². The first-order valence-electron chi connectivity index (χ1n) is 14.3. The lowest BCUT2D eigenvalue weighted by Gasteiger charge is -2.29. The number of hydrogen-bond acceptors (Lipinski definition) is 10. The Morgan fingerprint density at radius 3 is 2.78 bits per heavy atom. The van der Waals surface area contributed by atoms with Crippen LogP contribution in [0.1, 0.15) is 48.1 Å². The van der Waals surface area contributed by atoms with E-state index in [1.165, 1.54) is 22.7 Å². The van der Waals surface area contributed by atoms with Crippen LogP contribution in [0.3, 0.4) is 0 Å². The number of H-pyrrole nitrogens is 1. The van der Waals surface area contributed by atoms with Crippen molar-refractivity contribution >= 4 is 55.0 Å². The minimum absolute atomic E-state index is 0.00625. The van der Waals surface area contributed by atoms with Gasteiger partial charge in [0.2, 0.25) is 0 Å². The molecule has 0 spiro atoms. The van der Waals surface area contributed by atoms with Gasteiger partial charge in [-0.1, -0.05) is 59.1 Å². The van der Waals surface area contributed by atoms with E-state index >= 15 is 0 Å². The highest BCUT2D eigenvalue weighted by atomic mass is 32.1. The quantitative estimate of drug-likeness (QED) is 0.170. The summed E-state index contributed by atoms with van der Waals surface area (Å²) in [7, 11) is 0. The van der Waals surface area contributed by atoms with E-state index in [-0.39, 0.29) is 18.2 Å². The number of aryl methyl sites for hydroxylation is 1. The van der Waals surface area contributed by atoms with E-state index < -0.39 is 5.97 Å². The fourth-order valence-corrected chi connectivity index (χ4v) is 7.29. The maximum absolute atomic E-state index is 13.4. The number of aromatic carboxylic acids is 1. The highest BCUT2D eigenvalue weighted by molar-refractivity contribution is 7.22. The lowest BCUT2D eigenvalue weighted by Crippen LogP contribution is -2.32. The number of aromatic amines is 1. The molecule has 0 fully saturated rings. The Morgan fingerprint density at radius 2 is 1.96 bits per heavy atom. The van der Waals surface area contributed by atoms with E-state index in [1.807, 2.05) is 47.4 Å². The Bertz CT molecular complexity index is 2150. The molecule has 0 saturated heterocycles. The maximum Gasteiger partial charge on any atom is 0.355 e. The highest BCUT2D eigenvalue weighted by Crippen LogP contribution is 2.34. The van der Waals surface area contributed by atoms with Gasteiger partial charge in [-0.15, -0.1) is 0 Å². The van der Waals surface area contributed by atoms with Crippen molar-refractivity contribution in [3.63, 3.8) is 0 Å². The Morgan fingerprint density at radius 1 is 1.11 bits per heavy atom. The van der Waals surface area contributed by atoms with E-state index in [9.17, 15) is 20.0 Å². The number of carboxylic acid groups (broad SMARTS) is 1. The largest absolute Gasteiger partial charge is 0.488 e. The predicted octanol–water partition coefficient (Wildman–Crippen LogP) is 6.42. The number of nitrogens with zero attached hydrogens (tertiary/aromatic N) is 5. The van der Waals surface area contributed by atoms with Gasteiger partial charge in [-0.2, -0.15) is 10.4 Å². The summed E-state index contributed by atoms with van der Waals surface area (Å²) < 4.78 is 7.01. The zero-order valence-electron chi connectivity index (χ0n) is 24.4. The summed E-state index contributed by atoms with van der Waals surface area (Å²) in [4.78, 5) is 37.1. The molecule has 13 heteroatoms. The van der Waals surface area contributed by atoms with Crippen LogP contribution in [0.5, 0.6) is 5.75 Å². The first-order chi connectivity index (χ1) is 22.4. The average molecular weight is 648 g/mol. The van der Waals surface area contributed by atoms with Crippen LogP contribution in [0.25, 0.3) is 21.5 Å². The van der Waals surface area contributed by atoms with Gasteiger partial charge in [0.1, 0.15) is 29.7 Å². The number of aromatic nitrogens is 4. The van der Waals surface area contributed by atoms with E-state index in [0.29, 0.717) is 68.5 Å². The number of carbonyl (C=O) groups is 2. The molecule has 0 saturated carbocycles. The van der Waals surface area contributed by atoms with Crippen molar-refractivity contribution in [2.24, 2.45) is 0 Å². The summed E-state index contributed by atoms with van der Waals surface area (Å²) in [6, 6.07) is 22.7. The zero-order chi connectivity index (χ0) is 31.8. The normalized spacial score (nSPS) is 12.5. The number of fused-ring (bicyclic) bond motifs is 2. The molecule has 4 heterocycles. The molecule has 3 aromatic heterocycles. The molecule has 228 valence electrons. The second-order valence-electron chi connectivity index (χ2n) is 10.6. The number of anilines is 2. The van der Waals surface area contributed by atoms with E-state index in [2.05, 4.69) is 31.6 Å². The van der Waals surface area contributed by atoms with Gasteiger partial charge in [-0.25, -0.2) is 14.8 Å². The first-order valence-corrected chi connectivity index (χ1v) is 15.9. The van der Waals surface area contributed by atoms with Gasteiger partial charge in [0.15, 0.2) is 16.0 Å². The Kier molecular flexibility index (Phi) is 7.65. The third kappa shape index (κ3) is 5.55. The van der Waals surface area contributed by atoms with Crippen molar-refractivity contribution in [1.82, 2.24) is 20.2 Å². The molecule has 0 unspecified atom stereocenters. The Balaban J connectivity index is 1.10. The third-order valence-electron chi connectivity index (χ3n) is 7.73. The van der Waals surface area contributed by atoms with Crippen molar-refractivity contribution in [2.45, 2.75) is 26.5 Å². The molecule has 0 radical (unpaired) electrons. The van der Waals surface area contributed by atoms with Crippen molar-refractivity contribution in [2.75, 3.05) is 16.8 Å². The molecule has 0 aliphatic carbocycles.